The van der Waals surface area contributed by atoms with Crippen molar-refractivity contribution in [2.45, 2.75) is 44.8 Å². The zero-order chi connectivity index (χ0) is 20.4. The van der Waals surface area contributed by atoms with Gasteiger partial charge >= 0.3 is 0 Å². The Bertz CT molecular complexity index is 858. The van der Waals surface area contributed by atoms with Gasteiger partial charge in [0, 0.05) is 38.3 Å². The molecule has 2 fully saturated rings. The SMILES string of the molecule is CC(C)c1nc(CN2CCC3(CC2)CN(C(=O)c2ncccc2O)CCO3)co1. The van der Waals surface area contributed by atoms with Gasteiger partial charge in [0.2, 0.25) is 0 Å². The number of aromatic nitrogens is 2. The van der Waals surface area contributed by atoms with Crippen molar-refractivity contribution in [3.8, 4) is 5.75 Å². The van der Waals surface area contributed by atoms with Gasteiger partial charge in [0.05, 0.1) is 24.4 Å². The van der Waals surface area contributed by atoms with Crippen LogP contribution in [0.3, 0.4) is 0 Å². The molecule has 2 aliphatic rings. The van der Waals surface area contributed by atoms with Gasteiger partial charge in [-0.15, -0.1) is 0 Å². The molecular formula is C21H28N4O4. The fourth-order valence-corrected chi connectivity index (χ4v) is 4.04. The molecule has 0 aromatic carbocycles. The van der Waals surface area contributed by atoms with E-state index in [1.54, 1.807) is 17.2 Å². The maximum atomic E-state index is 12.8. The monoisotopic (exact) mass is 400 g/mol. The summed E-state index contributed by atoms with van der Waals surface area (Å²) in [6.45, 7) is 8.18. The van der Waals surface area contributed by atoms with Gasteiger partial charge in [-0.05, 0) is 25.0 Å². The number of morpholine rings is 1. The van der Waals surface area contributed by atoms with Crippen LogP contribution in [0.2, 0.25) is 0 Å². The molecule has 156 valence electrons. The van der Waals surface area contributed by atoms with Gasteiger partial charge in [-0.3, -0.25) is 9.69 Å². The van der Waals surface area contributed by atoms with E-state index in [0.29, 0.717) is 19.7 Å². The van der Waals surface area contributed by atoms with Gasteiger partial charge in [0.1, 0.15) is 12.0 Å². The maximum Gasteiger partial charge on any atom is 0.276 e. The molecule has 0 bridgehead atoms. The Labute approximate surface area is 170 Å². The maximum absolute atomic E-state index is 12.8. The Kier molecular flexibility index (Phi) is 5.56. The molecule has 0 radical (unpaired) electrons. The standard InChI is InChI=1S/C21H28N4O4/c1-15(2)19-23-16(13-28-19)12-24-8-5-21(6-9-24)14-25(10-11-29-21)20(27)18-17(26)4-3-7-22-18/h3-4,7,13,15,26H,5-6,8-12,14H2,1-2H3. The molecule has 8 heteroatoms. The lowest BCUT2D eigenvalue weighted by atomic mass is 9.89. The summed E-state index contributed by atoms with van der Waals surface area (Å²) in [5.74, 6) is 0.736. The molecule has 0 unspecified atom stereocenters. The molecule has 1 spiro atoms. The summed E-state index contributed by atoms with van der Waals surface area (Å²) in [6, 6.07) is 3.10. The first-order valence-electron chi connectivity index (χ1n) is 10.2. The fraction of sp³-hybridized carbons (Fsp3) is 0.571. The summed E-state index contributed by atoms with van der Waals surface area (Å²) >= 11 is 0. The second kappa shape index (κ2) is 8.12. The van der Waals surface area contributed by atoms with E-state index in [0.717, 1.165) is 44.1 Å². The van der Waals surface area contributed by atoms with E-state index in [9.17, 15) is 9.90 Å². The summed E-state index contributed by atoms with van der Waals surface area (Å²) < 4.78 is 11.7. The van der Waals surface area contributed by atoms with E-state index in [2.05, 4.69) is 28.7 Å². The van der Waals surface area contributed by atoms with Crippen molar-refractivity contribution in [1.82, 2.24) is 19.8 Å². The third kappa shape index (κ3) is 4.28. The van der Waals surface area contributed by atoms with Crippen LogP contribution in [-0.2, 0) is 11.3 Å². The number of pyridine rings is 1. The highest BCUT2D eigenvalue weighted by Crippen LogP contribution is 2.32. The highest BCUT2D eigenvalue weighted by molar-refractivity contribution is 5.94. The van der Waals surface area contributed by atoms with E-state index in [1.165, 1.54) is 12.3 Å². The number of rotatable bonds is 4. The van der Waals surface area contributed by atoms with E-state index < -0.39 is 0 Å². The Balaban J connectivity index is 1.36. The molecule has 0 atom stereocenters. The summed E-state index contributed by atoms with van der Waals surface area (Å²) in [5.41, 5.74) is 0.729. The molecule has 2 aliphatic heterocycles. The zero-order valence-corrected chi connectivity index (χ0v) is 17.0. The minimum Gasteiger partial charge on any atom is -0.505 e. The average Bonchev–Trinajstić information content (AvgIpc) is 3.19. The third-order valence-corrected chi connectivity index (χ3v) is 5.74. The first-order chi connectivity index (χ1) is 14.0. The largest absolute Gasteiger partial charge is 0.505 e. The summed E-state index contributed by atoms with van der Waals surface area (Å²) in [7, 11) is 0. The van der Waals surface area contributed by atoms with Crippen LogP contribution in [0.15, 0.2) is 29.0 Å². The van der Waals surface area contributed by atoms with Crippen LogP contribution < -0.4 is 0 Å². The van der Waals surface area contributed by atoms with Crippen molar-refractivity contribution in [3.63, 3.8) is 0 Å². The molecule has 1 amide bonds. The summed E-state index contributed by atoms with van der Waals surface area (Å²) in [6.07, 6.45) is 4.96. The van der Waals surface area contributed by atoms with Crippen LogP contribution in [0.5, 0.6) is 5.75 Å². The van der Waals surface area contributed by atoms with Crippen molar-refractivity contribution in [2.75, 3.05) is 32.8 Å². The number of carbonyl (C=O) groups is 1. The number of hydrogen-bond acceptors (Lipinski definition) is 7. The molecule has 0 aliphatic carbocycles. The lowest BCUT2D eigenvalue weighted by molar-refractivity contribution is -0.128. The Morgan fingerprint density at radius 3 is 2.79 bits per heavy atom. The van der Waals surface area contributed by atoms with Crippen LogP contribution in [0, 0.1) is 0 Å². The van der Waals surface area contributed by atoms with Crippen LogP contribution in [0.1, 0.15) is 54.7 Å². The van der Waals surface area contributed by atoms with E-state index in [4.69, 9.17) is 9.15 Å². The van der Waals surface area contributed by atoms with Crippen LogP contribution in [0.25, 0.3) is 0 Å². The zero-order valence-electron chi connectivity index (χ0n) is 17.0. The molecule has 4 heterocycles. The van der Waals surface area contributed by atoms with Crippen LogP contribution >= 0.6 is 0 Å². The number of amides is 1. The molecular weight excluding hydrogens is 372 g/mol. The van der Waals surface area contributed by atoms with Gasteiger partial charge in [-0.25, -0.2) is 9.97 Å². The lowest BCUT2D eigenvalue weighted by Crippen LogP contribution is -2.58. The molecule has 2 saturated heterocycles. The van der Waals surface area contributed by atoms with Crippen molar-refractivity contribution < 1.29 is 19.1 Å². The average molecular weight is 400 g/mol. The van der Waals surface area contributed by atoms with Crippen LogP contribution in [0.4, 0.5) is 0 Å². The van der Waals surface area contributed by atoms with Gasteiger partial charge < -0.3 is 19.2 Å². The molecule has 2 aromatic heterocycles. The third-order valence-electron chi connectivity index (χ3n) is 5.74. The number of piperidine rings is 1. The van der Waals surface area contributed by atoms with Gasteiger partial charge in [-0.1, -0.05) is 13.8 Å². The molecule has 29 heavy (non-hydrogen) atoms. The second-order valence-corrected chi connectivity index (χ2v) is 8.24. The molecule has 4 rings (SSSR count). The van der Waals surface area contributed by atoms with Crippen molar-refractivity contribution in [2.24, 2.45) is 0 Å². The normalized spacial score (nSPS) is 19.8. The number of hydrogen-bond donors (Lipinski definition) is 1. The number of nitrogens with zero attached hydrogens (tertiary/aromatic N) is 4. The minimum atomic E-state index is -0.332. The van der Waals surface area contributed by atoms with E-state index >= 15 is 0 Å². The first-order valence-corrected chi connectivity index (χ1v) is 10.2. The smallest absolute Gasteiger partial charge is 0.276 e. The minimum absolute atomic E-state index is 0.0822. The Morgan fingerprint density at radius 1 is 1.31 bits per heavy atom. The lowest BCUT2D eigenvalue weighted by Gasteiger charge is -2.47. The highest BCUT2D eigenvalue weighted by atomic mass is 16.5. The number of carbonyl (C=O) groups excluding carboxylic acids is 1. The molecule has 2 aromatic rings. The predicted molar refractivity (Wildman–Crippen MR) is 106 cm³/mol. The number of oxazole rings is 1. The van der Waals surface area contributed by atoms with Crippen molar-refractivity contribution in [1.29, 1.82) is 0 Å². The molecule has 1 N–H and O–H groups in total. The Morgan fingerprint density at radius 2 is 2.10 bits per heavy atom. The van der Waals surface area contributed by atoms with Gasteiger partial charge in [-0.2, -0.15) is 0 Å². The Hall–Kier alpha value is -2.45. The highest BCUT2D eigenvalue weighted by Gasteiger charge is 2.41. The first kappa shape index (κ1) is 19.8. The topological polar surface area (TPSA) is 91.9 Å². The summed E-state index contributed by atoms with van der Waals surface area (Å²) in [4.78, 5) is 25.6. The van der Waals surface area contributed by atoms with Gasteiger partial charge in [0.25, 0.3) is 5.91 Å². The molecule has 0 saturated carbocycles. The molecule has 8 nitrogen and oxygen atoms in total. The number of likely N-dealkylation sites (tertiary alicyclic amines) is 1. The number of ether oxygens (including phenoxy) is 1. The second-order valence-electron chi connectivity index (χ2n) is 8.24. The summed E-state index contributed by atoms with van der Waals surface area (Å²) in [5, 5.41) is 9.96. The van der Waals surface area contributed by atoms with Crippen molar-refractivity contribution >= 4 is 5.91 Å². The van der Waals surface area contributed by atoms with Gasteiger partial charge in [0.15, 0.2) is 11.6 Å². The van der Waals surface area contributed by atoms with Crippen molar-refractivity contribution in [3.05, 3.63) is 41.9 Å². The van der Waals surface area contributed by atoms with E-state index in [-0.39, 0.29) is 28.9 Å². The van der Waals surface area contributed by atoms with Crippen LogP contribution in [-0.4, -0.2) is 69.2 Å². The predicted octanol–water partition coefficient (Wildman–Crippen LogP) is 2.41. The fourth-order valence-electron chi connectivity index (χ4n) is 4.04. The number of aromatic hydroxyl groups is 1. The quantitative estimate of drug-likeness (QED) is 0.842. The van der Waals surface area contributed by atoms with E-state index in [1.807, 2.05) is 0 Å².